The van der Waals surface area contributed by atoms with Crippen molar-refractivity contribution in [3.8, 4) is 33.8 Å². The topological polar surface area (TPSA) is 55.5 Å². The number of imidazole rings is 1. The summed E-state index contributed by atoms with van der Waals surface area (Å²) >= 11 is 0. The lowest BCUT2D eigenvalue weighted by Gasteiger charge is -2.27. The first kappa shape index (κ1) is 19.6. The highest BCUT2D eigenvalue weighted by atomic mass is 16.5. The van der Waals surface area contributed by atoms with Crippen LogP contribution in [0.1, 0.15) is 0 Å². The van der Waals surface area contributed by atoms with Crippen LogP contribution in [0.25, 0.3) is 39.4 Å². The predicted octanol–water partition coefficient (Wildman–Crippen LogP) is 4.96. The number of hydrogen-bond donors (Lipinski definition) is 0. The minimum absolute atomic E-state index is 0.742. The normalized spacial score (nSPS) is 14.0. The first-order valence-electron chi connectivity index (χ1n) is 11.1. The summed E-state index contributed by atoms with van der Waals surface area (Å²) in [6.07, 6.45) is 5.85. The standard InChI is InChI=1S/C27H23N5O/c1-2-6-20(7-3-1)23-18-21(11-12-28-23)27-26(30-25-8-4-5-13-32(25)27)22-9-10-24(29-19-22)31-14-16-33-17-15-31/h1-13,18-19H,14-17H2. The number of hydrogen-bond acceptors (Lipinski definition) is 5. The van der Waals surface area contributed by atoms with Crippen LogP contribution in [0.3, 0.4) is 0 Å². The second-order valence-corrected chi connectivity index (χ2v) is 8.04. The molecule has 0 bridgehead atoms. The van der Waals surface area contributed by atoms with Gasteiger partial charge in [0.1, 0.15) is 11.5 Å². The van der Waals surface area contributed by atoms with Gasteiger partial charge in [-0.3, -0.25) is 9.38 Å². The van der Waals surface area contributed by atoms with Gasteiger partial charge >= 0.3 is 0 Å². The van der Waals surface area contributed by atoms with Crippen molar-refractivity contribution < 1.29 is 4.74 Å². The molecule has 4 aromatic heterocycles. The molecule has 6 nitrogen and oxygen atoms in total. The molecule has 0 radical (unpaired) electrons. The third-order valence-corrected chi connectivity index (χ3v) is 5.99. The molecule has 0 spiro atoms. The van der Waals surface area contributed by atoms with Crippen LogP contribution in [0.15, 0.2) is 91.4 Å². The Bertz CT molecular complexity index is 1390. The van der Waals surface area contributed by atoms with Crippen molar-refractivity contribution in [3.63, 3.8) is 0 Å². The summed E-state index contributed by atoms with van der Waals surface area (Å²) in [6, 6.07) is 24.7. The van der Waals surface area contributed by atoms with Gasteiger partial charge in [0.15, 0.2) is 0 Å². The maximum absolute atomic E-state index is 5.47. The first-order valence-corrected chi connectivity index (χ1v) is 11.1. The van der Waals surface area contributed by atoms with Gasteiger partial charge < -0.3 is 9.64 Å². The maximum atomic E-state index is 5.47. The van der Waals surface area contributed by atoms with Gasteiger partial charge in [0, 0.05) is 48.4 Å². The quantitative estimate of drug-likeness (QED) is 0.401. The molecule has 1 aliphatic rings. The van der Waals surface area contributed by atoms with Crippen LogP contribution in [0.5, 0.6) is 0 Å². The smallest absolute Gasteiger partial charge is 0.137 e. The van der Waals surface area contributed by atoms with E-state index in [1.165, 1.54) is 0 Å². The number of aromatic nitrogens is 4. The van der Waals surface area contributed by atoms with Crippen molar-refractivity contribution in [3.05, 3.63) is 91.4 Å². The molecule has 0 aliphatic carbocycles. The molecule has 0 saturated carbocycles. The van der Waals surface area contributed by atoms with Gasteiger partial charge in [0.25, 0.3) is 0 Å². The highest BCUT2D eigenvalue weighted by Crippen LogP contribution is 2.34. The zero-order valence-corrected chi connectivity index (χ0v) is 18.1. The Morgan fingerprint density at radius 3 is 2.42 bits per heavy atom. The van der Waals surface area contributed by atoms with Gasteiger partial charge in [-0.2, -0.15) is 0 Å². The van der Waals surface area contributed by atoms with Crippen LogP contribution in [0, 0.1) is 0 Å². The second-order valence-electron chi connectivity index (χ2n) is 8.04. The SMILES string of the molecule is c1ccc(-c2cc(-c3c(-c4ccc(N5CCOCC5)nc4)nc4ccccn34)ccn2)cc1. The highest BCUT2D eigenvalue weighted by Gasteiger charge is 2.18. The Morgan fingerprint density at radius 1 is 0.758 bits per heavy atom. The molecule has 1 fully saturated rings. The summed E-state index contributed by atoms with van der Waals surface area (Å²) in [7, 11) is 0. The van der Waals surface area contributed by atoms with Crippen LogP contribution < -0.4 is 4.90 Å². The van der Waals surface area contributed by atoms with E-state index in [2.05, 4.69) is 50.8 Å². The third-order valence-electron chi connectivity index (χ3n) is 5.99. The van der Waals surface area contributed by atoms with Crippen LogP contribution in [0.2, 0.25) is 0 Å². The Kier molecular flexibility index (Phi) is 5.05. The fraction of sp³-hybridized carbons (Fsp3) is 0.148. The molecule has 1 aliphatic heterocycles. The summed E-state index contributed by atoms with van der Waals surface area (Å²) in [4.78, 5) is 16.6. The number of anilines is 1. The first-order chi connectivity index (χ1) is 16.4. The lowest BCUT2D eigenvalue weighted by atomic mass is 10.0. The molecular formula is C27H23N5O. The van der Waals surface area contributed by atoms with Crippen LogP contribution in [-0.2, 0) is 4.74 Å². The van der Waals surface area contributed by atoms with Gasteiger partial charge in [0.05, 0.1) is 30.3 Å². The fourth-order valence-corrected chi connectivity index (χ4v) is 4.32. The number of nitrogens with zero attached hydrogens (tertiary/aromatic N) is 5. The van der Waals surface area contributed by atoms with Crippen LogP contribution >= 0.6 is 0 Å². The molecule has 5 aromatic rings. The van der Waals surface area contributed by atoms with E-state index in [0.717, 1.165) is 71.5 Å². The van der Waals surface area contributed by atoms with E-state index in [4.69, 9.17) is 14.7 Å². The zero-order valence-electron chi connectivity index (χ0n) is 18.1. The Hall–Kier alpha value is -4.03. The summed E-state index contributed by atoms with van der Waals surface area (Å²) in [5.41, 5.74) is 6.92. The molecule has 33 heavy (non-hydrogen) atoms. The van der Waals surface area contributed by atoms with Crippen molar-refractivity contribution in [1.82, 2.24) is 19.4 Å². The Morgan fingerprint density at radius 2 is 1.61 bits per heavy atom. The van der Waals surface area contributed by atoms with Crippen molar-refractivity contribution >= 4 is 11.5 Å². The second kappa shape index (κ2) is 8.48. The number of rotatable bonds is 4. The number of morpholine rings is 1. The molecule has 6 rings (SSSR count). The molecule has 0 amide bonds. The van der Waals surface area contributed by atoms with Gasteiger partial charge in [-0.25, -0.2) is 9.97 Å². The number of ether oxygens (including phenoxy) is 1. The molecule has 0 atom stereocenters. The number of fused-ring (bicyclic) bond motifs is 1. The largest absolute Gasteiger partial charge is 0.378 e. The number of benzene rings is 1. The summed E-state index contributed by atoms with van der Waals surface area (Å²) in [5.74, 6) is 0.975. The van der Waals surface area contributed by atoms with E-state index in [1.54, 1.807) is 0 Å². The Balaban J connectivity index is 1.46. The molecule has 5 heterocycles. The molecule has 1 aromatic carbocycles. The van der Waals surface area contributed by atoms with Crippen molar-refractivity contribution in [2.45, 2.75) is 0 Å². The van der Waals surface area contributed by atoms with Crippen LogP contribution in [-0.4, -0.2) is 45.7 Å². The Labute approximate surface area is 192 Å². The zero-order chi connectivity index (χ0) is 22.0. The van der Waals surface area contributed by atoms with E-state index < -0.39 is 0 Å². The van der Waals surface area contributed by atoms with E-state index in [9.17, 15) is 0 Å². The maximum Gasteiger partial charge on any atom is 0.137 e. The molecular weight excluding hydrogens is 410 g/mol. The fourth-order valence-electron chi connectivity index (χ4n) is 4.32. The minimum atomic E-state index is 0.742. The van der Waals surface area contributed by atoms with Crippen LogP contribution in [0.4, 0.5) is 5.82 Å². The minimum Gasteiger partial charge on any atom is -0.378 e. The molecule has 0 N–H and O–H groups in total. The van der Waals surface area contributed by atoms with Gasteiger partial charge in [-0.15, -0.1) is 0 Å². The summed E-state index contributed by atoms with van der Waals surface area (Å²) in [5, 5.41) is 0. The van der Waals surface area contributed by atoms with E-state index in [-0.39, 0.29) is 0 Å². The number of pyridine rings is 3. The van der Waals surface area contributed by atoms with Crippen molar-refractivity contribution in [2.75, 3.05) is 31.2 Å². The van der Waals surface area contributed by atoms with Gasteiger partial charge in [0.2, 0.25) is 0 Å². The van der Waals surface area contributed by atoms with Gasteiger partial charge in [-0.1, -0.05) is 36.4 Å². The van der Waals surface area contributed by atoms with E-state index in [0.29, 0.717) is 0 Å². The van der Waals surface area contributed by atoms with E-state index >= 15 is 0 Å². The van der Waals surface area contributed by atoms with E-state index in [1.807, 2.05) is 54.9 Å². The monoisotopic (exact) mass is 433 g/mol. The van der Waals surface area contributed by atoms with Crippen molar-refractivity contribution in [1.29, 1.82) is 0 Å². The lowest BCUT2D eigenvalue weighted by Crippen LogP contribution is -2.36. The summed E-state index contributed by atoms with van der Waals surface area (Å²) in [6.45, 7) is 3.22. The average molecular weight is 434 g/mol. The average Bonchev–Trinajstić information content (AvgIpc) is 3.30. The molecule has 0 unspecified atom stereocenters. The summed E-state index contributed by atoms with van der Waals surface area (Å²) < 4.78 is 7.60. The molecule has 6 heteroatoms. The predicted molar refractivity (Wildman–Crippen MR) is 130 cm³/mol. The molecule has 1 saturated heterocycles. The van der Waals surface area contributed by atoms with Gasteiger partial charge in [-0.05, 0) is 36.4 Å². The highest BCUT2D eigenvalue weighted by molar-refractivity contribution is 5.83. The molecule has 162 valence electrons. The lowest BCUT2D eigenvalue weighted by molar-refractivity contribution is 0.122. The third kappa shape index (κ3) is 3.75. The van der Waals surface area contributed by atoms with Crippen molar-refractivity contribution in [2.24, 2.45) is 0 Å².